The molecule has 1 aromatic carbocycles. The van der Waals surface area contributed by atoms with Crippen LogP contribution in [0.25, 0.3) is 0 Å². The first kappa shape index (κ1) is 13.2. The van der Waals surface area contributed by atoms with Gasteiger partial charge in [0.05, 0.1) is 11.3 Å². The summed E-state index contributed by atoms with van der Waals surface area (Å²) in [6.07, 6.45) is 2.14. The average Bonchev–Trinajstić information content (AvgIpc) is 2.39. The molecule has 0 aliphatic carbocycles. The summed E-state index contributed by atoms with van der Waals surface area (Å²) >= 11 is 6.03. The van der Waals surface area contributed by atoms with Crippen molar-refractivity contribution >= 4 is 17.3 Å². The number of halogens is 1. The molecule has 0 radical (unpaired) electrons. The molecule has 0 saturated carbocycles. The molecule has 1 heterocycles. The molecular formula is C14H18ClN3. The molecule has 0 aromatic heterocycles. The van der Waals surface area contributed by atoms with Gasteiger partial charge in [0.25, 0.3) is 0 Å². The Morgan fingerprint density at radius 1 is 1.39 bits per heavy atom. The molecule has 1 aromatic rings. The van der Waals surface area contributed by atoms with Crippen molar-refractivity contribution in [2.75, 3.05) is 25.0 Å². The lowest BCUT2D eigenvalue weighted by molar-refractivity contribution is 0.305. The van der Waals surface area contributed by atoms with E-state index in [4.69, 9.17) is 16.9 Å². The summed E-state index contributed by atoms with van der Waals surface area (Å²) in [5.74, 6) is 0. The van der Waals surface area contributed by atoms with E-state index in [9.17, 15) is 0 Å². The Kier molecular flexibility index (Phi) is 3.79. The zero-order valence-electron chi connectivity index (χ0n) is 10.8. The lowest BCUT2D eigenvalue weighted by Crippen LogP contribution is -2.50. The first-order chi connectivity index (χ1) is 8.58. The summed E-state index contributed by atoms with van der Waals surface area (Å²) in [5.41, 5.74) is 1.87. The van der Waals surface area contributed by atoms with Gasteiger partial charge in [-0.25, -0.2) is 0 Å². The van der Waals surface area contributed by atoms with Crippen LogP contribution in [0, 0.1) is 11.3 Å². The minimum Gasteiger partial charge on any atom is -0.370 e. The maximum atomic E-state index is 9.16. The third kappa shape index (κ3) is 2.60. The fourth-order valence-electron chi connectivity index (χ4n) is 2.35. The predicted molar refractivity (Wildman–Crippen MR) is 75.1 cm³/mol. The van der Waals surface area contributed by atoms with Crippen molar-refractivity contribution in [3.05, 3.63) is 28.8 Å². The SMILES string of the molecule is CNC1(C)CCN(c2cc(Cl)ccc2C#N)CC1. The van der Waals surface area contributed by atoms with Crippen molar-refractivity contribution in [3.8, 4) is 6.07 Å². The van der Waals surface area contributed by atoms with Crippen LogP contribution in [-0.4, -0.2) is 25.7 Å². The lowest BCUT2D eigenvalue weighted by atomic mass is 9.89. The van der Waals surface area contributed by atoms with Crippen LogP contribution in [-0.2, 0) is 0 Å². The molecule has 4 heteroatoms. The van der Waals surface area contributed by atoms with Gasteiger partial charge in [-0.2, -0.15) is 5.26 Å². The number of piperidine rings is 1. The molecule has 1 saturated heterocycles. The van der Waals surface area contributed by atoms with Gasteiger partial charge < -0.3 is 10.2 Å². The average molecular weight is 264 g/mol. The number of anilines is 1. The van der Waals surface area contributed by atoms with E-state index in [0.717, 1.165) is 31.6 Å². The highest BCUT2D eigenvalue weighted by Gasteiger charge is 2.29. The van der Waals surface area contributed by atoms with E-state index in [2.05, 4.69) is 23.2 Å². The Bertz CT molecular complexity index is 470. The van der Waals surface area contributed by atoms with Crippen molar-refractivity contribution in [1.29, 1.82) is 5.26 Å². The van der Waals surface area contributed by atoms with Crippen LogP contribution in [0.5, 0.6) is 0 Å². The van der Waals surface area contributed by atoms with Crippen molar-refractivity contribution in [1.82, 2.24) is 5.32 Å². The van der Waals surface area contributed by atoms with E-state index in [-0.39, 0.29) is 5.54 Å². The molecule has 96 valence electrons. The standard InChI is InChI=1S/C14H18ClN3/c1-14(17-2)5-7-18(8-6-14)13-9-12(15)4-3-11(13)10-16/h3-4,9,17H,5-8H2,1-2H3. The maximum Gasteiger partial charge on any atom is 0.101 e. The van der Waals surface area contributed by atoms with E-state index in [1.165, 1.54) is 0 Å². The van der Waals surface area contributed by atoms with Gasteiger partial charge in [0.15, 0.2) is 0 Å². The quantitative estimate of drug-likeness (QED) is 0.892. The van der Waals surface area contributed by atoms with Gasteiger partial charge in [0, 0.05) is 23.7 Å². The second-order valence-corrected chi connectivity index (χ2v) is 5.51. The topological polar surface area (TPSA) is 39.1 Å². The van der Waals surface area contributed by atoms with Gasteiger partial charge >= 0.3 is 0 Å². The van der Waals surface area contributed by atoms with Gasteiger partial charge in [0.2, 0.25) is 0 Å². The first-order valence-corrected chi connectivity index (χ1v) is 6.59. The summed E-state index contributed by atoms with van der Waals surface area (Å²) < 4.78 is 0. The highest BCUT2D eigenvalue weighted by atomic mass is 35.5. The van der Waals surface area contributed by atoms with Crippen LogP contribution >= 0.6 is 11.6 Å². The Balaban J connectivity index is 2.20. The third-order valence-corrected chi connectivity index (χ3v) is 4.13. The van der Waals surface area contributed by atoms with Gasteiger partial charge in [-0.3, -0.25) is 0 Å². The Morgan fingerprint density at radius 3 is 2.61 bits per heavy atom. The van der Waals surface area contributed by atoms with Crippen molar-refractivity contribution in [2.24, 2.45) is 0 Å². The molecule has 1 fully saturated rings. The van der Waals surface area contributed by atoms with Crippen LogP contribution in [0.15, 0.2) is 18.2 Å². The van der Waals surface area contributed by atoms with Crippen LogP contribution in [0.3, 0.4) is 0 Å². The number of benzene rings is 1. The molecule has 0 spiro atoms. The van der Waals surface area contributed by atoms with E-state index in [1.807, 2.05) is 13.1 Å². The molecule has 0 unspecified atom stereocenters. The molecule has 18 heavy (non-hydrogen) atoms. The van der Waals surface area contributed by atoms with Crippen molar-refractivity contribution in [2.45, 2.75) is 25.3 Å². The lowest BCUT2D eigenvalue weighted by Gasteiger charge is -2.40. The normalized spacial score (nSPS) is 18.4. The molecule has 1 aliphatic rings. The predicted octanol–water partition coefficient (Wildman–Crippen LogP) is 2.79. The zero-order valence-corrected chi connectivity index (χ0v) is 11.6. The molecule has 0 atom stereocenters. The molecule has 0 amide bonds. The van der Waals surface area contributed by atoms with Crippen molar-refractivity contribution < 1.29 is 0 Å². The van der Waals surface area contributed by atoms with E-state index >= 15 is 0 Å². The largest absolute Gasteiger partial charge is 0.370 e. The van der Waals surface area contributed by atoms with Gasteiger partial charge in [0.1, 0.15) is 6.07 Å². The van der Waals surface area contributed by atoms with Crippen LogP contribution in [0.4, 0.5) is 5.69 Å². The van der Waals surface area contributed by atoms with E-state index < -0.39 is 0 Å². The molecule has 1 aliphatic heterocycles. The first-order valence-electron chi connectivity index (χ1n) is 6.21. The molecule has 0 bridgehead atoms. The second kappa shape index (κ2) is 5.17. The van der Waals surface area contributed by atoms with Crippen LogP contribution in [0.2, 0.25) is 5.02 Å². The van der Waals surface area contributed by atoms with Crippen LogP contribution < -0.4 is 10.2 Å². The molecular weight excluding hydrogens is 246 g/mol. The van der Waals surface area contributed by atoms with E-state index in [1.54, 1.807) is 12.1 Å². The monoisotopic (exact) mass is 263 g/mol. The number of nitrogens with one attached hydrogen (secondary N) is 1. The minimum absolute atomic E-state index is 0.210. The number of nitrogens with zero attached hydrogens (tertiary/aromatic N) is 2. The van der Waals surface area contributed by atoms with Gasteiger partial charge in [-0.05, 0) is 45.0 Å². The Labute approximate surface area is 113 Å². The van der Waals surface area contributed by atoms with Crippen LogP contribution in [0.1, 0.15) is 25.3 Å². The number of hydrogen-bond donors (Lipinski definition) is 1. The van der Waals surface area contributed by atoms with E-state index in [0.29, 0.717) is 10.6 Å². The molecule has 3 nitrogen and oxygen atoms in total. The molecule has 2 rings (SSSR count). The Hall–Kier alpha value is -1.24. The number of rotatable bonds is 2. The summed E-state index contributed by atoms with van der Waals surface area (Å²) in [6.45, 7) is 4.15. The van der Waals surface area contributed by atoms with Crippen molar-refractivity contribution in [3.63, 3.8) is 0 Å². The number of nitriles is 1. The summed E-state index contributed by atoms with van der Waals surface area (Å²) in [5, 5.41) is 13.2. The van der Waals surface area contributed by atoms with Gasteiger partial charge in [-0.15, -0.1) is 0 Å². The summed E-state index contributed by atoms with van der Waals surface area (Å²) in [4.78, 5) is 2.25. The zero-order chi connectivity index (χ0) is 13.2. The van der Waals surface area contributed by atoms with Gasteiger partial charge in [-0.1, -0.05) is 11.6 Å². The fraction of sp³-hybridized carbons (Fsp3) is 0.500. The Morgan fingerprint density at radius 2 is 2.06 bits per heavy atom. The highest BCUT2D eigenvalue weighted by Crippen LogP contribution is 2.29. The smallest absolute Gasteiger partial charge is 0.101 e. The third-order valence-electron chi connectivity index (χ3n) is 3.89. The fourth-order valence-corrected chi connectivity index (χ4v) is 2.52. The molecule has 1 N–H and O–H groups in total. The second-order valence-electron chi connectivity index (χ2n) is 5.07. The summed E-state index contributed by atoms with van der Waals surface area (Å²) in [7, 11) is 2.01. The maximum absolute atomic E-state index is 9.16. The summed E-state index contributed by atoms with van der Waals surface area (Å²) in [6, 6.07) is 7.69. The highest BCUT2D eigenvalue weighted by molar-refractivity contribution is 6.30. The number of hydrogen-bond acceptors (Lipinski definition) is 3. The minimum atomic E-state index is 0.210.